The van der Waals surface area contributed by atoms with E-state index in [-0.39, 0.29) is 17.5 Å². The zero-order valence-electron chi connectivity index (χ0n) is 21.6. The van der Waals surface area contributed by atoms with Crippen LogP contribution >= 0.6 is 0 Å². The molecule has 13 heteroatoms. The fraction of sp³-hybridized carbons (Fsp3) is 0.696. The third-order valence-electron chi connectivity index (χ3n) is 5.41. The van der Waals surface area contributed by atoms with Gasteiger partial charge in [-0.2, -0.15) is 0 Å². The van der Waals surface area contributed by atoms with E-state index in [0.29, 0.717) is 0 Å². The van der Waals surface area contributed by atoms with Crippen LogP contribution in [0.3, 0.4) is 0 Å². The molecule has 0 saturated carbocycles. The summed E-state index contributed by atoms with van der Waals surface area (Å²) >= 11 is 0. The Hall–Kier alpha value is -2.87. The van der Waals surface area contributed by atoms with E-state index in [0.717, 1.165) is 0 Å². The van der Waals surface area contributed by atoms with E-state index in [1.165, 1.54) is 20.1 Å². The highest BCUT2D eigenvalue weighted by Crippen LogP contribution is 2.26. The first-order valence-corrected chi connectivity index (χ1v) is 11.6. The number of hydrogen-bond acceptors (Lipinski definition) is 12. The predicted octanol–water partition coefficient (Wildman–Crippen LogP) is -1.42. The number of esters is 2. The van der Waals surface area contributed by atoms with Crippen molar-refractivity contribution >= 4 is 17.8 Å². The minimum atomic E-state index is -1.42. The van der Waals surface area contributed by atoms with Crippen molar-refractivity contribution in [2.45, 2.75) is 77.3 Å². The summed E-state index contributed by atoms with van der Waals surface area (Å²) in [5.74, 6) is -3.10. The first kappa shape index (κ1) is 31.2. The lowest BCUT2D eigenvalue weighted by Crippen LogP contribution is -2.63. The standard InChI is InChI=1S/C23H40N4O9/c1-10(2)17(25)22(32)36-23(11(3)4)35-21(31)16-8-14(26-12(5)24)18(27-13(6)29)20(34-16)19(33-7)15(30)9-28/h8,10-11,14-15,17-20,23,26,28,30H,5,9,24-25H2,1-4,6-7H3,(H,27,29)/t14-,15+,17-,18+,19-,20+,23?/m0/s1. The fourth-order valence-corrected chi connectivity index (χ4v) is 3.41. The first-order chi connectivity index (χ1) is 16.7. The molecule has 0 spiro atoms. The van der Waals surface area contributed by atoms with Gasteiger partial charge in [0.25, 0.3) is 0 Å². The molecule has 206 valence electrons. The molecule has 1 aliphatic rings. The summed E-state index contributed by atoms with van der Waals surface area (Å²) in [4.78, 5) is 37.3. The molecule has 13 nitrogen and oxygen atoms in total. The number of hydrogen-bond donors (Lipinski definition) is 6. The van der Waals surface area contributed by atoms with Gasteiger partial charge < -0.3 is 51.3 Å². The second-order valence-electron chi connectivity index (χ2n) is 9.21. The van der Waals surface area contributed by atoms with E-state index < -0.39 is 73.1 Å². The van der Waals surface area contributed by atoms with E-state index in [1.807, 2.05) is 0 Å². The molecule has 0 aromatic rings. The lowest BCUT2D eigenvalue weighted by Gasteiger charge is -2.41. The van der Waals surface area contributed by atoms with Crippen molar-refractivity contribution in [3.05, 3.63) is 24.2 Å². The molecule has 1 heterocycles. The number of aliphatic hydroxyl groups excluding tert-OH is 2. The number of methoxy groups -OCH3 is 1. The van der Waals surface area contributed by atoms with Crippen molar-refractivity contribution in [3.63, 3.8) is 0 Å². The van der Waals surface area contributed by atoms with Crippen molar-refractivity contribution in [1.82, 2.24) is 10.6 Å². The Labute approximate surface area is 211 Å². The molecule has 0 aliphatic carbocycles. The van der Waals surface area contributed by atoms with E-state index in [4.69, 9.17) is 30.4 Å². The Kier molecular flexibility index (Phi) is 12.1. The number of nitrogens with one attached hydrogen (secondary N) is 2. The molecular weight excluding hydrogens is 476 g/mol. The molecule has 7 atom stereocenters. The van der Waals surface area contributed by atoms with Crippen molar-refractivity contribution in [2.75, 3.05) is 13.7 Å². The molecule has 8 N–H and O–H groups in total. The Bertz CT molecular complexity index is 817. The maximum atomic E-state index is 13.1. The van der Waals surface area contributed by atoms with Gasteiger partial charge in [0.15, 0.2) is 6.10 Å². The number of aliphatic hydroxyl groups is 2. The van der Waals surface area contributed by atoms with E-state index in [1.54, 1.807) is 27.7 Å². The van der Waals surface area contributed by atoms with Crippen LogP contribution in [0.1, 0.15) is 34.6 Å². The van der Waals surface area contributed by atoms with Gasteiger partial charge in [-0.1, -0.05) is 34.3 Å². The van der Waals surface area contributed by atoms with Crippen molar-refractivity contribution < 1.29 is 43.5 Å². The van der Waals surface area contributed by atoms with Crippen LogP contribution in [0.5, 0.6) is 0 Å². The van der Waals surface area contributed by atoms with Crippen molar-refractivity contribution in [2.24, 2.45) is 23.3 Å². The third kappa shape index (κ3) is 8.66. The van der Waals surface area contributed by atoms with Crippen LogP contribution in [-0.2, 0) is 33.3 Å². The van der Waals surface area contributed by atoms with Gasteiger partial charge in [0, 0.05) is 20.0 Å². The lowest BCUT2D eigenvalue weighted by atomic mass is 9.91. The van der Waals surface area contributed by atoms with Crippen LogP contribution in [0.2, 0.25) is 0 Å². The summed E-state index contributed by atoms with van der Waals surface area (Å²) in [5.41, 5.74) is 11.5. The lowest BCUT2D eigenvalue weighted by molar-refractivity contribution is -0.199. The van der Waals surface area contributed by atoms with Gasteiger partial charge >= 0.3 is 11.9 Å². The quantitative estimate of drug-likeness (QED) is 0.123. The van der Waals surface area contributed by atoms with Gasteiger partial charge in [-0.25, -0.2) is 4.79 Å². The maximum absolute atomic E-state index is 13.1. The van der Waals surface area contributed by atoms with Gasteiger partial charge in [0.05, 0.1) is 24.5 Å². The molecule has 1 aliphatic heterocycles. The molecule has 1 amide bonds. The van der Waals surface area contributed by atoms with Gasteiger partial charge in [-0.3, -0.25) is 9.59 Å². The number of amides is 1. The number of nitrogens with two attached hydrogens (primary N) is 2. The van der Waals surface area contributed by atoms with Crippen LogP contribution < -0.4 is 22.1 Å². The highest BCUT2D eigenvalue weighted by molar-refractivity contribution is 5.87. The molecule has 1 unspecified atom stereocenters. The summed E-state index contributed by atoms with van der Waals surface area (Å²) in [6, 6.07) is -2.68. The van der Waals surface area contributed by atoms with Crippen molar-refractivity contribution in [1.29, 1.82) is 0 Å². The van der Waals surface area contributed by atoms with Gasteiger partial charge in [0.2, 0.25) is 18.0 Å². The van der Waals surface area contributed by atoms with Crippen LogP contribution in [0.15, 0.2) is 24.2 Å². The summed E-state index contributed by atoms with van der Waals surface area (Å²) in [7, 11) is 1.27. The molecule has 1 rings (SSSR count). The summed E-state index contributed by atoms with van der Waals surface area (Å²) in [6.07, 6.45) is -3.74. The highest BCUT2D eigenvalue weighted by Gasteiger charge is 2.45. The third-order valence-corrected chi connectivity index (χ3v) is 5.41. The maximum Gasteiger partial charge on any atom is 0.376 e. The smallest absolute Gasteiger partial charge is 0.376 e. The average molecular weight is 517 g/mol. The molecule has 0 bridgehead atoms. The minimum absolute atomic E-state index is 0.0216. The van der Waals surface area contributed by atoms with E-state index >= 15 is 0 Å². The Morgan fingerprint density at radius 2 is 1.78 bits per heavy atom. The highest BCUT2D eigenvalue weighted by atomic mass is 16.7. The van der Waals surface area contributed by atoms with Gasteiger partial charge in [-0.05, 0) is 12.0 Å². The molecule has 0 radical (unpaired) electrons. The number of ether oxygens (including phenoxy) is 4. The van der Waals surface area contributed by atoms with Gasteiger partial charge in [0.1, 0.15) is 18.2 Å². The SMILES string of the molecule is C=C(N)N[C@H]1C=C(C(=O)OC(OC(=O)[C@@H](N)C(C)C)C(C)C)O[C@@H]([C@@H](OC)[C@H](O)CO)[C@@H]1NC(C)=O. The molecule has 0 aromatic carbocycles. The molecule has 36 heavy (non-hydrogen) atoms. The fourth-order valence-electron chi connectivity index (χ4n) is 3.41. The van der Waals surface area contributed by atoms with E-state index in [9.17, 15) is 24.6 Å². The summed E-state index contributed by atoms with van der Waals surface area (Å²) in [5, 5.41) is 25.3. The topological polar surface area (TPSA) is 205 Å². The van der Waals surface area contributed by atoms with Crippen LogP contribution in [0.25, 0.3) is 0 Å². The number of rotatable bonds is 13. The van der Waals surface area contributed by atoms with Crippen LogP contribution in [-0.4, -0.2) is 84.5 Å². The second-order valence-corrected chi connectivity index (χ2v) is 9.21. The Morgan fingerprint density at radius 1 is 1.17 bits per heavy atom. The largest absolute Gasteiger partial charge is 0.478 e. The minimum Gasteiger partial charge on any atom is -0.478 e. The molecule has 0 aromatic heterocycles. The first-order valence-electron chi connectivity index (χ1n) is 11.6. The molecular formula is C23H40N4O9. The average Bonchev–Trinajstić information content (AvgIpc) is 2.78. The van der Waals surface area contributed by atoms with Crippen LogP contribution in [0.4, 0.5) is 0 Å². The summed E-state index contributed by atoms with van der Waals surface area (Å²) < 4.78 is 21.9. The monoisotopic (exact) mass is 516 g/mol. The Balaban J connectivity index is 3.34. The summed E-state index contributed by atoms with van der Waals surface area (Å²) in [6.45, 7) is 11.0. The number of carbonyl (C=O) groups is 3. The molecule has 0 fully saturated rings. The zero-order valence-corrected chi connectivity index (χ0v) is 21.6. The zero-order chi connectivity index (χ0) is 27.7. The molecule has 0 saturated heterocycles. The number of carbonyl (C=O) groups excluding carboxylic acids is 3. The normalized spacial score (nSPS) is 23.0. The second kappa shape index (κ2) is 14.0. The van der Waals surface area contributed by atoms with Crippen LogP contribution in [0, 0.1) is 11.8 Å². The predicted molar refractivity (Wildman–Crippen MR) is 128 cm³/mol. The van der Waals surface area contributed by atoms with Gasteiger partial charge in [-0.15, -0.1) is 0 Å². The van der Waals surface area contributed by atoms with E-state index in [2.05, 4.69) is 17.2 Å². The Morgan fingerprint density at radius 3 is 2.22 bits per heavy atom. The van der Waals surface area contributed by atoms with Crippen molar-refractivity contribution in [3.8, 4) is 0 Å².